The first-order chi connectivity index (χ1) is 12.0. The van der Waals surface area contributed by atoms with Crippen molar-refractivity contribution >= 4 is 33.4 Å². The molecule has 1 unspecified atom stereocenters. The molecule has 0 saturated heterocycles. The molecule has 0 bridgehead atoms. The Bertz CT molecular complexity index is 716. The molecule has 8 heteroatoms. The number of aliphatic hydroxyl groups excluding tert-OH is 1. The zero-order chi connectivity index (χ0) is 18.2. The predicted molar refractivity (Wildman–Crippen MR) is 97.6 cm³/mol. The highest BCUT2D eigenvalue weighted by Crippen LogP contribution is 2.30. The van der Waals surface area contributed by atoms with Crippen LogP contribution in [0, 0.1) is 5.82 Å². The van der Waals surface area contributed by atoms with Crippen LogP contribution in [-0.4, -0.2) is 30.4 Å². The highest BCUT2D eigenvalue weighted by molar-refractivity contribution is 9.10. The summed E-state index contributed by atoms with van der Waals surface area (Å²) in [6.45, 7) is 0.201. The van der Waals surface area contributed by atoms with Gasteiger partial charge in [-0.05, 0) is 33.6 Å². The molecule has 6 nitrogen and oxygen atoms in total. The first-order valence-corrected chi connectivity index (χ1v) is 8.36. The monoisotopic (exact) mass is 411 g/mol. The van der Waals surface area contributed by atoms with Crippen molar-refractivity contribution in [1.29, 1.82) is 0 Å². The number of alkyl carbamates (subject to hydrolysis) is 1. The van der Waals surface area contributed by atoms with E-state index in [2.05, 4.69) is 26.6 Å². The van der Waals surface area contributed by atoms with Crippen LogP contribution in [0.3, 0.4) is 0 Å². The van der Waals surface area contributed by atoms with Gasteiger partial charge in [-0.25, -0.2) is 9.18 Å². The zero-order valence-corrected chi connectivity index (χ0v) is 14.9. The largest absolute Gasteiger partial charge is 0.445 e. The van der Waals surface area contributed by atoms with Gasteiger partial charge in [0.1, 0.15) is 12.4 Å². The topological polar surface area (TPSA) is 96.6 Å². The summed E-state index contributed by atoms with van der Waals surface area (Å²) in [6, 6.07) is 12.0. The Balaban J connectivity index is 1.73. The Morgan fingerprint density at radius 1 is 1.24 bits per heavy atom. The fourth-order valence-corrected chi connectivity index (χ4v) is 2.50. The van der Waals surface area contributed by atoms with Crippen molar-refractivity contribution in [2.24, 2.45) is 0 Å². The number of halogens is 2. The summed E-state index contributed by atoms with van der Waals surface area (Å²) in [5, 5.41) is 15.2. The van der Waals surface area contributed by atoms with Crippen molar-refractivity contribution in [1.82, 2.24) is 5.32 Å². The molecule has 0 heterocycles. The second kappa shape index (κ2) is 9.24. The molecule has 2 aromatic carbocycles. The number of carbonyl (C=O) groups excluding carboxylic acids is 1. The van der Waals surface area contributed by atoms with Gasteiger partial charge in [0.25, 0.3) is 0 Å². The maximum absolute atomic E-state index is 13.4. The summed E-state index contributed by atoms with van der Waals surface area (Å²) in [6.07, 6.45) is -1.53. The molecule has 0 saturated carbocycles. The number of hydrogen-bond donors (Lipinski definition) is 4. The number of nitrogens with two attached hydrogens (primary N) is 1. The van der Waals surface area contributed by atoms with E-state index in [1.165, 1.54) is 12.1 Å². The lowest BCUT2D eigenvalue weighted by atomic mass is 10.2. The molecule has 1 atom stereocenters. The van der Waals surface area contributed by atoms with E-state index >= 15 is 0 Å². The average Bonchev–Trinajstić information content (AvgIpc) is 2.62. The van der Waals surface area contributed by atoms with Crippen LogP contribution < -0.4 is 16.4 Å². The van der Waals surface area contributed by atoms with Gasteiger partial charge in [-0.2, -0.15) is 0 Å². The molecule has 2 aromatic rings. The molecule has 2 rings (SSSR count). The van der Waals surface area contributed by atoms with Crippen LogP contribution in [0.4, 0.5) is 20.6 Å². The van der Waals surface area contributed by atoms with Crippen LogP contribution in [0.5, 0.6) is 0 Å². The van der Waals surface area contributed by atoms with E-state index in [0.29, 0.717) is 10.2 Å². The fourth-order valence-electron chi connectivity index (χ4n) is 2.01. The number of anilines is 2. The van der Waals surface area contributed by atoms with Crippen molar-refractivity contribution in [2.75, 3.05) is 24.1 Å². The minimum Gasteiger partial charge on any atom is -0.445 e. The van der Waals surface area contributed by atoms with E-state index in [1.54, 1.807) is 0 Å². The summed E-state index contributed by atoms with van der Waals surface area (Å²) in [5.74, 6) is -0.553. The lowest BCUT2D eigenvalue weighted by molar-refractivity contribution is 0.128. The van der Waals surface area contributed by atoms with Gasteiger partial charge >= 0.3 is 6.09 Å². The highest BCUT2D eigenvalue weighted by Gasteiger charge is 2.12. The van der Waals surface area contributed by atoms with Gasteiger partial charge in [-0.1, -0.05) is 30.3 Å². The molecular weight excluding hydrogens is 393 g/mol. The van der Waals surface area contributed by atoms with Crippen molar-refractivity contribution in [2.45, 2.75) is 12.7 Å². The zero-order valence-electron chi connectivity index (χ0n) is 13.3. The minimum absolute atomic E-state index is 0.0204. The van der Waals surface area contributed by atoms with E-state index in [4.69, 9.17) is 10.5 Å². The van der Waals surface area contributed by atoms with Crippen molar-refractivity contribution in [3.05, 3.63) is 58.3 Å². The highest BCUT2D eigenvalue weighted by atomic mass is 79.9. The van der Waals surface area contributed by atoms with Gasteiger partial charge < -0.3 is 26.2 Å². The van der Waals surface area contributed by atoms with Crippen LogP contribution in [-0.2, 0) is 11.3 Å². The third-order valence-corrected chi connectivity index (χ3v) is 4.01. The van der Waals surface area contributed by atoms with Crippen LogP contribution >= 0.6 is 15.9 Å². The van der Waals surface area contributed by atoms with Crippen molar-refractivity contribution < 1.29 is 19.0 Å². The summed E-state index contributed by atoms with van der Waals surface area (Å²) in [4.78, 5) is 11.6. The lowest BCUT2D eigenvalue weighted by Crippen LogP contribution is -2.36. The fraction of sp³-hybridized carbons (Fsp3) is 0.235. The van der Waals surface area contributed by atoms with E-state index in [-0.39, 0.29) is 25.4 Å². The smallest absolute Gasteiger partial charge is 0.407 e. The van der Waals surface area contributed by atoms with E-state index < -0.39 is 18.0 Å². The quantitative estimate of drug-likeness (QED) is 0.525. The van der Waals surface area contributed by atoms with Gasteiger partial charge in [-0.15, -0.1) is 0 Å². The number of nitrogens with one attached hydrogen (secondary N) is 2. The van der Waals surface area contributed by atoms with Crippen LogP contribution in [0.15, 0.2) is 46.9 Å². The van der Waals surface area contributed by atoms with Gasteiger partial charge in [0.05, 0.1) is 17.5 Å². The number of aliphatic hydroxyl groups is 1. The molecule has 0 radical (unpaired) electrons. The van der Waals surface area contributed by atoms with Crippen LogP contribution in [0.2, 0.25) is 0 Å². The number of carbonyl (C=O) groups is 1. The first kappa shape index (κ1) is 19.0. The molecule has 0 aliphatic carbocycles. The number of ether oxygens (including phenoxy) is 1. The van der Waals surface area contributed by atoms with Gasteiger partial charge in [-0.3, -0.25) is 0 Å². The Labute approximate surface area is 153 Å². The summed E-state index contributed by atoms with van der Waals surface area (Å²) in [5.41, 5.74) is 6.82. The van der Waals surface area contributed by atoms with Crippen molar-refractivity contribution in [3.8, 4) is 0 Å². The maximum atomic E-state index is 13.4. The Hall–Kier alpha value is -2.32. The Morgan fingerprint density at radius 3 is 2.68 bits per heavy atom. The molecule has 0 fully saturated rings. The van der Waals surface area contributed by atoms with Crippen LogP contribution in [0.25, 0.3) is 0 Å². The number of benzene rings is 2. The molecular formula is C17H19BrFN3O3. The molecule has 0 spiro atoms. The third-order valence-electron chi connectivity index (χ3n) is 3.35. The van der Waals surface area contributed by atoms with Crippen LogP contribution in [0.1, 0.15) is 5.56 Å². The van der Waals surface area contributed by atoms with Gasteiger partial charge in [0.15, 0.2) is 0 Å². The van der Waals surface area contributed by atoms with E-state index in [9.17, 15) is 14.3 Å². The second-order valence-corrected chi connectivity index (χ2v) is 6.15. The standard InChI is InChI=1S/C17H19BrFN3O3/c18-13-6-7-14(19)15(20)16(13)21-8-12(23)9-22-17(24)25-10-11-4-2-1-3-5-11/h1-7,12,21,23H,8-10,20H2,(H,22,24). The molecule has 5 N–H and O–H groups in total. The SMILES string of the molecule is Nc1c(F)ccc(Br)c1NCC(O)CNC(=O)OCc1ccccc1. The van der Waals surface area contributed by atoms with Crippen molar-refractivity contribution in [3.63, 3.8) is 0 Å². The summed E-state index contributed by atoms with van der Waals surface area (Å²) >= 11 is 3.26. The molecule has 1 amide bonds. The maximum Gasteiger partial charge on any atom is 0.407 e. The predicted octanol–water partition coefficient (Wildman–Crippen LogP) is 2.87. The van der Waals surface area contributed by atoms with E-state index in [0.717, 1.165) is 5.56 Å². The molecule has 134 valence electrons. The van der Waals surface area contributed by atoms with E-state index in [1.807, 2.05) is 30.3 Å². The molecule has 0 aliphatic rings. The summed E-state index contributed by atoms with van der Waals surface area (Å²) in [7, 11) is 0. The molecule has 25 heavy (non-hydrogen) atoms. The number of amides is 1. The molecule has 0 aliphatic heterocycles. The Kier molecular flexibility index (Phi) is 7.03. The lowest BCUT2D eigenvalue weighted by Gasteiger charge is -2.16. The molecule has 0 aromatic heterocycles. The third kappa shape index (κ3) is 5.91. The number of nitrogen functional groups attached to an aromatic ring is 1. The normalized spacial score (nSPS) is 11.6. The van der Waals surface area contributed by atoms with Gasteiger partial charge in [0, 0.05) is 17.6 Å². The summed E-state index contributed by atoms with van der Waals surface area (Å²) < 4.78 is 19.1. The first-order valence-electron chi connectivity index (χ1n) is 7.57. The Morgan fingerprint density at radius 2 is 1.96 bits per heavy atom. The second-order valence-electron chi connectivity index (χ2n) is 5.30. The average molecular weight is 412 g/mol. The number of rotatable bonds is 7. The minimum atomic E-state index is -0.904. The number of hydrogen-bond acceptors (Lipinski definition) is 5. The van der Waals surface area contributed by atoms with Gasteiger partial charge in [0.2, 0.25) is 0 Å².